The maximum absolute atomic E-state index is 12.8. The van der Waals surface area contributed by atoms with Gasteiger partial charge >= 0.3 is 0 Å². The van der Waals surface area contributed by atoms with Gasteiger partial charge in [0.2, 0.25) is 0 Å². The van der Waals surface area contributed by atoms with E-state index in [1.165, 1.54) is 25.3 Å². The van der Waals surface area contributed by atoms with E-state index in [4.69, 9.17) is 16.3 Å². The van der Waals surface area contributed by atoms with Crippen LogP contribution in [0.1, 0.15) is 20.7 Å². The number of amides is 2. The predicted molar refractivity (Wildman–Crippen MR) is 126 cm³/mol. The molecular weight excluding hydrogens is 428 g/mol. The third kappa shape index (κ3) is 4.36. The fourth-order valence-corrected chi connectivity index (χ4v) is 3.51. The monoisotopic (exact) mass is 446 g/mol. The smallest absolute Gasteiger partial charge is 0.259 e. The van der Waals surface area contributed by atoms with E-state index in [2.05, 4.69) is 10.6 Å². The van der Waals surface area contributed by atoms with Crippen LogP contribution in [0.25, 0.3) is 10.8 Å². The molecule has 160 valence electrons. The summed E-state index contributed by atoms with van der Waals surface area (Å²) in [6.07, 6.45) is 0. The molecule has 4 aromatic carbocycles. The molecule has 7 heteroatoms. The zero-order chi connectivity index (χ0) is 22.7. The minimum absolute atomic E-state index is 0.111. The summed E-state index contributed by atoms with van der Waals surface area (Å²) in [5.74, 6) is -0.677. The Morgan fingerprint density at radius 1 is 0.812 bits per heavy atom. The highest BCUT2D eigenvalue weighted by atomic mass is 35.5. The highest BCUT2D eigenvalue weighted by Gasteiger charge is 2.17. The molecule has 0 radical (unpaired) electrons. The van der Waals surface area contributed by atoms with Crippen molar-refractivity contribution in [2.75, 3.05) is 17.7 Å². The number of hydrogen-bond acceptors (Lipinski definition) is 4. The number of methoxy groups -OCH3 is 1. The van der Waals surface area contributed by atoms with Crippen LogP contribution in [-0.2, 0) is 0 Å². The van der Waals surface area contributed by atoms with Crippen LogP contribution in [0.15, 0.2) is 78.9 Å². The molecule has 0 aliphatic carbocycles. The third-order valence-electron chi connectivity index (χ3n) is 4.93. The first-order valence-electron chi connectivity index (χ1n) is 9.73. The Balaban J connectivity index is 1.60. The molecule has 3 N–H and O–H groups in total. The Hall–Kier alpha value is -4.03. The highest BCUT2D eigenvalue weighted by molar-refractivity contribution is 6.34. The van der Waals surface area contributed by atoms with E-state index in [1.807, 2.05) is 30.3 Å². The maximum Gasteiger partial charge on any atom is 0.259 e. The number of nitrogens with one attached hydrogen (secondary N) is 2. The van der Waals surface area contributed by atoms with Gasteiger partial charge in [-0.2, -0.15) is 0 Å². The van der Waals surface area contributed by atoms with Gasteiger partial charge in [0.05, 0.1) is 29.1 Å². The summed E-state index contributed by atoms with van der Waals surface area (Å²) >= 11 is 6.37. The molecule has 0 aliphatic heterocycles. The summed E-state index contributed by atoms with van der Waals surface area (Å²) in [4.78, 5) is 25.3. The molecule has 32 heavy (non-hydrogen) atoms. The lowest BCUT2D eigenvalue weighted by Gasteiger charge is -2.15. The minimum atomic E-state index is -0.529. The molecule has 0 saturated carbocycles. The van der Waals surface area contributed by atoms with Crippen LogP contribution in [0.2, 0.25) is 5.02 Å². The summed E-state index contributed by atoms with van der Waals surface area (Å²) in [6, 6.07) is 22.3. The SMILES string of the molecule is COc1cc(NC(=O)c2cc3ccccc3cc2O)c(Cl)cc1NC(=O)c1ccccc1. The number of rotatable bonds is 5. The van der Waals surface area contributed by atoms with Gasteiger partial charge in [-0.15, -0.1) is 0 Å². The first-order chi connectivity index (χ1) is 15.5. The number of carbonyl (C=O) groups excluding carboxylic acids is 2. The summed E-state index contributed by atoms with van der Waals surface area (Å²) in [6.45, 7) is 0. The van der Waals surface area contributed by atoms with Crippen LogP contribution in [-0.4, -0.2) is 24.0 Å². The van der Waals surface area contributed by atoms with Gasteiger partial charge in [0.1, 0.15) is 11.5 Å². The average molecular weight is 447 g/mol. The second-order valence-electron chi connectivity index (χ2n) is 7.02. The van der Waals surface area contributed by atoms with Crippen molar-refractivity contribution < 1.29 is 19.4 Å². The summed E-state index contributed by atoms with van der Waals surface area (Å²) in [5, 5.41) is 17.6. The lowest BCUT2D eigenvalue weighted by atomic mass is 10.1. The highest BCUT2D eigenvalue weighted by Crippen LogP contribution is 2.35. The van der Waals surface area contributed by atoms with Crippen molar-refractivity contribution in [3.63, 3.8) is 0 Å². The number of carbonyl (C=O) groups is 2. The number of aromatic hydroxyl groups is 1. The molecule has 6 nitrogen and oxygen atoms in total. The van der Waals surface area contributed by atoms with Crippen LogP contribution in [0.5, 0.6) is 11.5 Å². The van der Waals surface area contributed by atoms with Gasteiger partial charge in [-0.3, -0.25) is 9.59 Å². The van der Waals surface area contributed by atoms with Gasteiger partial charge in [0, 0.05) is 11.6 Å². The second-order valence-corrected chi connectivity index (χ2v) is 7.43. The standard InChI is InChI=1S/C25H19ClN2O4/c1-32-23-14-20(19(26)13-21(23)28-24(30)15-7-3-2-4-8-15)27-25(31)18-11-16-9-5-6-10-17(16)12-22(18)29/h2-14,29H,1H3,(H,27,31)(H,28,30). The number of ether oxygens (including phenoxy) is 1. The molecule has 4 rings (SSSR count). The van der Waals surface area contributed by atoms with Gasteiger partial charge in [-0.25, -0.2) is 0 Å². The van der Waals surface area contributed by atoms with Gasteiger partial charge < -0.3 is 20.5 Å². The number of anilines is 2. The number of halogens is 1. The van der Waals surface area contributed by atoms with E-state index in [-0.39, 0.29) is 27.9 Å². The van der Waals surface area contributed by atoms with E-state index in [0.29, 0.717) is 17.0 Å². The third-order valence-corrected chi connectivity index (χ3v) is 5.24. The largest absolute Gasteiger partial charge is 0.507 e. The molecule has 4 aromatic rings. The Morgan fingerprint density at radius 3 is 2.12 bits per heavy atom. The van der Waals surface area contributed by atoms with Gasteiger partial charge in [0.25, 0.3) is 11.8 Å². The normalized spacial score (nSPS) is 10.6. The fourth-order valence-electron chi connectivity index (χ4n) is 3.30. The van der Waals surface area contributed by atoms with Crippen molar-refractivity contribution in [1.82, 2.24) is 0 Å². The van der Waals surface area contributed by atoms with Crippen LogP contribution >= 0.6 is 11.6 Å². The van der Waals surface area contributed by atoms with Crippen molar-refractivity contribution in [1.29, 1.82) is 0 Å². The van der Waals surface area contributed by atoms with Gasteiger partial charge in [-0.1, -0.05) is 54.1 Å². The average Bonchev–Trinajstić information content (AvgIpc) is 2.80. The van der Waals surface area contributed by atoms with Crippen LogP contribution < -0.4 is 15.4 Å². The Kier molecular flexibility index (Phi) is 5.96. The topological polar surface area (TPSA) is 87.7 Å². The van der Waals surface area contributed by atoms with E-state index in [9.17, 15) is 14.7 Å². The minimum Gasteiger partial charge on any atom is -0.507 e. The summed E-state index contributed by atoms with van der Waals surface area (Å²) < 4.78 is 5.37. The summed E-state index contributed by atoms with van der Waals surface area (Å²) in [5.41, 5.74) is 1.23. The first-order valence-corrected chi connectivity index (χ1v) is 10.1. The van der Waals surface area contributed by atoms with Crippen molar-refractivity contribution in [3.05, 3.63) is 95.0 Å². The van der Waals surface area contributed by atoms with Crippen LogP contribution in [0.3, 0.4) is 0 Å². The number of fused-ring (bicyclic) bond motifs is 1. The predicted octanol–water partition coefficient (Wildman–Crippen LogP) is 5.71. The van der Waals surface area contributed by atoms with Crippen molar-refractivity contribution in [2.24, 2.45) is 0 Å². The second kappa shape index (κ2) is 8.99. The van der Waals surface area contributed by atoms with Crippen LogP contribution in [0.4, 0.5) is 11.4 Å². The number of phenols is 1. The number of benzene rings is 4. The Bertz CT molecular complexity index is 1320. The van der Waals surface area contributed by atoms with Crippen molar-refractivity contribution >= 4 is 45.6 Å². The zero-order valence-corrected chi connectivity index (χ0v) is 17.8. The lowest BCUT2D eigenvalue weighted by molar-refractivity contribution is 0.101. The molecule has 0 heterocycles. The molecule has 0 fully saturated rings. The van der Waals surface area contributed by atoms with Gasteiger partial charge in [-0.05, 0) is 41.1 Å². The zero-order valence-electron chi connectivity index (χ0n) is 17.1. The molecule has 0 saturated heterocycles. The molecular formula is C25H19ClN2O4. The van der Waals surface area contributed by atoms with Crippen molar-refractivity contribution in [2.45, 2.75) is 0 Å². The van der Waals surface area contributed by atoms with E-state index in [1.54, 1.807) is 30.3 Å². The van der Waals surface area contributed by atoms with E-state index in [0.717, 1.165) is 10.8 Å². The van der Waals surface area contributed by atoms with E-state index < -0.39 is 5.91 Å². The molecule has 0 bridgehead atoms. The molecule has 0 atom stereocenters. The number of hydrogen-bond donors (Lipinski definition) is 3. The quantitative estimate of drug-likeness (QED) is 0.366. The molecule has 0 spiro atoms. The van der Waals surface area contributed by atoms with Gasteiger partial charge in [0.15, 0.2) is 0 Å². The fraction of sp³-hybridized carbons (Fsp3) is 0.0400. The Labute approximate surface area is 189 Å². The first kappa shape index (κ1) is 21.2. The molecule has 0 aromatic heterocycles. The van der Waals surface area contributed by atoms with Crippen molar-refractivity contribution in [3.8, 4) is 11.5 Å². The number of phenolic OH excluding ortho intramolecular Hbond substituents is 1. The molecule has 0 unspecified atom stereocenters. The lowest BCUT2D eigenvalue weighted by Crippen LogP contribution is -2.14. The maximum atomic E-state index is 12.8. The van der Waals surface area contributed by atoms with Crippen LogP contribution in [0, 0.1) is 0 Å². The summed E-state index contributed by atoms with van der Waals surface area (Å²) in [7, 11) is 1.45. The molecule has 2 amide bonds. The Morgan fingerprint density at radius 2 is 1.44 bits per heavy atom. The van der Waals surface area contributed by atoms with E-state index >= 15 is 0 Å². The molecule has 0 aliphatic rings.